The average Bonchev–Trinajstić information content (AvgIpc) is 2.98. The van der Waals surface area contributed by atoms with E-state index in [1.807, 2.05) is 68.5 Å². The van der Waals surface area contributed by atoms with E-state index in [1.54, 1.807) is 0 Å². The molecule has 3 nitrogen and oxygen atoms in total. The molecule has 1 aliphatic rings. The fourth-order valence-corrected chi connectivity index (χ4v) is 3.10. The van der Waals surface area contributed by atoms with Crippen molar-refractivity contribution >= 4 is 11.6 Å². The van der Waals surface area contributed by atoms with Gasteiger partial charge in [0.05, 0.1) is 5.70 Å². The predicted molar refractivity (Wildman–Crippen MR) is 101 cm³/mol. The summed E-state index contributed by atoms with van der Waals surface area (Å²) in [6.45, 7) is 4.46. The van der Waals surface area contributed by atoms with Crippen molar-refractivity contribution in [1.29, 1.82) is 0 Å². The highest BCUT2D eigenvalue weighted by Crippen LogP contribution is 2.39. The number of halogens is 1. The summed E-state index contributed by atoms with van der Waals surface area (Å²) in [5, 5.41) is 0. The van der Waals surface area contributed by atoms with Crippen LogP contribution in [0.15, 0.2) is 83.9 Å². The van der Waals surface area contributed by atoms with Crippen molar-refractivity contribution in [3.63, 3.8) is 0 Å². The van der Waals surface area contributed by atoms with E-state index in [1.165, 1.54) is 0 Å². The van der Waals surface area contributed by atoms with Gasteiger partial charge in [0, 0.05) is 17.1 Å². The molecule has 0 aromatic heterocycles. The summed E-state index contributed by atoms with van der Waals surface area (Å²) in [7, 11) is 0. The predicted octanol–water partition coefficient (Wildman–Crippen LogP) is 5.47. The third-order valence-corrected chi connectivity index (χ3v) is 4.33. The number of para-hydroxylation sites is 1. The van der Waals surface area contributed by atoms with Crippen molar-refractivity contribution < 1.29 is 9.47 Å². The standard InChI is InChI=1S/C21H22ClNO2/c1-16(13-14-22)23-20(15-24-19-11-7-4-8-12-19)17(2)25-21(23)18-9-5-3-6-10-18/h3-13,21H,14-15H2,1-2H3. The fraction of sp³-hybridized carbons (Fsp3) is 0.238. The quantitative estimate of drug-likeness (QED) is 0.641. The molecule has 0 N–H and O–H groups in total. The van der Waals surface area contributed by atoms with E-state index in [0.717, 1.165) is 28.5 Å². The van der Waals surface area contributed by atoms with E-state index < -0.39 is 0 Å². The molecule has 0 saturated heterocycles. The minimum Gasteiger partial charge on any atom is -0.487 e. The second-order valence-corrected chi connectivity index (χ2v) is 6.16. The monoisotopic (exact) mass is 355 g/mol. The largest absolute Gasteiger partial charge is 0.487 e. The molecule has 1 heterocycles. The maximum Gasteiger partial charge on any atom is 0.202 e. The lowest BCUT2D eigenvalue weighted by molar-refractivity contribution is 0.0569. The molecule has 0 spiro atoms. The second-order valence-electron chi connectivity index (χ2n) is 5.86. The highest BCUT2D eigenvalue weighted by molar-refractivity contribution is 6.18. The van der Waals surface area contributed by atoms with Crippen molar-refractivity contribution in [2.75, 3.05) is 12.5 Å². The van der Waals surface area contributed by atoms with Gasteiger partial charge >= 0.3 is 0 Å². The van der Waals surface area contributed by atoms with Gasteiger partial charge in [-0.15, -0.1) is 11.6 Å². The first-order valence-electron chi connectivity index (χ1n) is 8.32. The van der Waals surface area contributed by atoms with E-state index in [-0.39, 0.29) is 6.23 Å². The summed E-state index contributed by atoms with van der Waals surface area (Å²) >= 11 is 5.93. The van der Waals surface area contributed by atoms with Gasteiger partial charge in [0.2, 0.25) is 6.23 Å². The Labute approximate surface area is 154 Å². The Balaban J connectivity index is 1.86. The Kier molecular flexibility index (Phi) is 5.67. The van der Waals surface area contributed by atoms with Gasteiger partial charge in [-0.3, -0.25) is 0 Å². The summed E-state index contributed by atoms with van der Waals surface area (Å²) in [4.78, 5) is 2.16. The molecule has 0 bridgehead atoms. The Hall–Kier alpha value is -2.39. The normalized spacial score (nSPS) is 17.6. The Bertz CT molecular complexity index is 756. The van der Waals surface area contributed by atoms with E-state index in [0.29, 0.717) is 12.5 Å². The van der Waals surface area contributed by atoms with Gasteiger partial charge in [-0.05, 0) is 26.0 Å². The zero-order valence-electron chi connectivity index (χ0n) is 14.5. The Morgan fingerprint density at radius 2 is 1.76 bits per heavy atom. The van der Waals surface area contributed by atoms with E-state index in [2.05, 4.69) is 17.0 Å². The molecule has 0 radical (unpaired) electrons. The molecule has 0 fully saturated rings. The first-order chi connectivity index (χ1) is 12.2. The van der Waals surface area contributed by atoms with E-state index in [9.17, 15) is 0 Å². The zero-order valence-corrected chi connectivity index (χ0v) is 15.2. The van der Waals surface area contributed by atoms with Crippen LogP contribution < -0.4 is 4.74 Å². The number of nitrogens with zero attached hydrogens (tertiary/aromatic N) is 1. The molecule has 0 aliphatic carbocycles. The molecule has 4 heteroatoms. The molecule has 25 heavy (non-hydrogen) atoms. The van der Waals surface area contributed by atoms with Crippen LogP contribution in [0.3, 0.4) is 0 Å². The number of ether oxygens (including phenoxy) is 2. The first-order valence-corrected chi connectivity index (χ1v) is 8.85. The average molecular weight is 356 g/mol. The highest BCUT2D eigenvalue weighted by Gasteiger charge is 2.34. The number of alkyl halides is 1. The third kappa shape index (κ3) is 3.99. The summed E-state index contributed by atoms with van der Waals surface area (Å²) in [5.41, 5.74) is 3.16. The topological polar surface area (TPSA) is 21.7 Å². The number of benzene rings is 2. The van der Waals surface area contributed by atoms with Crippen molar-refractivity contribution in [3.05, 3.63) is 89.5 Å². The van der Waals surface area contributed by atoms with Crippen LogP contribution in [-0.4, -0.2) is 17.4 Å². The molecule has 1 aliphatic heterocycles. The molecule has 0 amide bonds. The Morgan fingerprint density at radius 1 is 1.12 bits per heavy atom. The SMILES string of the molecule is CC(=CCCl)N1C(COc2ccccc2)=C(C)OC1c1ccccc1. The highest BCUT2D eigenvalue weighted by atomic mass is 35.5. The molecule has 2 aromatic rings. The van der Waals surface area contributed by atoms with Gasteiger partial charge in [-0.2, -0.15) is 0 Å². The summed E-state index contributed by atoms with van der Waals surface area (Å²) in [5.74, 6) is 2.16. The zero-order chi connectivity index (χ0) is 17.6. The smallest absolute Gasteiger partial charge is 0.202 e. The first kappa shape index (κ1) is 17.4. The van der Waals surface area contributed by atoms with Crippen LogP contribution in [0.5, 0.6) is 5.75 Å². The van der Waals surface area contributed by atoms with Crippen LogP contribution in [-0.2, 0) is 4.74 Å². The molecule has 3 rings (SSSR count). The summed E-state index contributed by atoms with van der Waals surface area (Å²) < 4.78 is 12.1. The van der Waals surface area contributed by atoms with Crippen molar-refractivity contribution in [1.82, 2.24) is 4.90 Å². The number of hydrogen-bond acceptors (Lipinski definition) is 3. The van der Waals surface area contributed by atoms with E-state index >= 15 is 0 Å². The van der Waals surface area contributed by atoms with Gasteiger partial charge in [-0.25, -0.2) is 0 Å². The van der Waals surface area contributed by atoms with Gasteiger partial charge in [0.1, 0.15) is 18.1 Å². The van der Waals surface area contributed by atoms with Gasteiger partial charge in [0.25, 0.3) is 0 Å². The minimum atomic E-state index is -0.199. The van der Waals surface area contributed by atoms with E-state index in [4.69, 9.17) is 21.1 Å². The lowest BCUT2D eigenvalue weighted by atomic mass is 10.1. The van der Waals surface area contributed by atoms with Crippen LogP contribution in [0.2, 0.25) is 0 Å². The maximum atomic E-state index is 6.17. The number of allylic oxidation sites excluding steroid dienone is 3. The molecule has 2 aromatic carbocycles. The molecule has 130 valence electrons. The van der Waals surface area contributed by atoms with Crippen molar-refractivity contribution in [3.8, 4) is 5.75 Å². The fourth-order valence-electron chi connectivity index (χ4n) is 2.88. The van der Waals surface area contributed by atoms with Crippen LogP contribution in [0, 0.1) is 0 Å². The molecular formula is C21H22ClNO2. The van der Waals surface area contributed by atoms with Crippen molar-refractivity contribution in [2.45, 2.75) is 20.1 Å². The number of hydrogen-bond donors (Lipinski definition) is 0. The van der Waals surface area contributed by atoms with Gasteiger partial charge < -0.3 is 14.4 Å². The van der Waals surface area contributed by atoms with Crippen LogP contribution >= 0.6 is 11.6 Å². The van der Waals surface area contributed by atoms with Crippen molar-refractivity contribution in [2.24, 2.45) is 0 Å². The third-order valence-electron chi connectivity index (χ3n) is 4.18. The minimum absolute atomic E-state index is 0.199. The summed E-state index contributed by atoms with van der Waals surface area (Å²) in [6.07, 6.45) is 1.79. The second kappa shape index (κ2) is 8.13. The van der Waals surface area contributed by atoms with Crippen LogP contribution in [0.25, 0.3) is 0 Å². The lowest BCUT2D eigenvalue weighted by Gasteiger charge is -2.28. The van der Waals surface area contributed by atoms with Crippen LogP contribution in [0.1, 0.15) is 25.6 Å². The Morgan fingerprint density at radius 3 is 2.40 bits per heavy atom. The molecule has 1 unspecified atom stereocenters. The summed E-state index contributed by atoms with van der Waals surface area (Å²) in [6, 6.07) is 20.0. The maximum absolute atomic E-state index is 6.17. The van der Waals surface area contributed by atoms with Gasteiger partial charge in [-0.1, -0.05) is 54.6 Å². The van der Waals surface area contributed by atoms with Crippen LogP contribution in [0.4, 0.5) is 0 Å². The lowest BCUT2D eigenvalue weighted by Crippen LogP contribution is -2.25. The molecule has 0 saturated carbocycles. The number of rotatable bonds is 6. The molecular weight excluding hydrogens is 334 g/mol. The molecule has 1 atom stereocenters. The van der Waals surface area contributed by atoms with Gasteiger partial charge in [0.15, 0.2) is 0 Å².